The van der Waals surface area contributed by atoms with E-state index in [2.05, 4.69) is 15.7 Å². The molecule has 1 atom stereocenters. The fraction of sp³-hybridized carbons (Fsp3) is 0.583. The van der Waals surface area contributed by atoms with Gasteiger partial charge in [0.25, 0.3) is 0 Å². The maximum atomic E-state index is 11.8. The van der Waals surface area contributed by atoms with Crippen molar-refractivity contribution in [3.8, 4) is 0 Å². The highest BCUT2D eigenvalue weighted by Gasteiger charge is 2.13. The molecule has 0 radical (unpaired) electrons. The Labute approximate surface area is 112 Å². The molecule has 7 nitrogen and oxygen atoms in total. The molecule has 0 saturated carbocycles. The number of hydrogen-bond donors (Lipinski definition) is 3. The van der Waals surface area contributed by atoms with Crippen LogP contribution in [0.4, 0.5) is 5.69 Å². The Morgan fingerprint density at radius 3 is 2.89 bits per heavy atom. The van der Waals surface area contributed by atoms with Crippen molar-refractivity contribution < 1.29 is 9.59 Å². The predicted octanol–water partition coefficient (Wildman–Crippen LogP) is -0.0574. The van der Waals surface area contributed by atoms with Crippen LogP contribution in [-0.4, -0.2) is 35.2 Å². The summed E-state index contributed by atoms with van der Waals surface area (Å²) in [5.41, 5.74) is 6.00. The Morgan fingerprint density at radius 1 is 1.53 bits per heavy atom. The Kier molecular flexibility index (Phi) is 6.01. The van der Waals surface area contributed by atoms with Gasteiger partial charge in [-0.3, -0.25) is 14.3 Å². The molecule has 0 saturated heterocycles. The van der Waals surface area contributed by atoms with E-state index in [-0.39, 0.29) is 24.3 Å². The molecule has 2 amide bonds. The number of nitrogens with two attached hydrogens (primary N) is 1. The first-order valence-corrected chi connectivity index (χ1v) is 6.30. The minimum absolute atomic E-state index is 0.0621. The first kappa shape index (κ1) is 15.2. The third kappa shape index (κ3) is 5.09. The second-order valence-corrected chi connectivity index (χ2v) is 4.42. The van der Waals surface area contributed by atoms with E-state index in [0.29, 0.717) is 12.2 Å². The molecule has 0 bridgehead atoms. The van der Waals surface area contributed by atoms with E-state index in [0.717, 1.165) is 12.8 Å². The van der Waals surface area contributed by atoms with Gasteiger partial charge < -0.3 is 16.4 Å². The first-order chi connectivity index (χ1) is 9.06. The van der Waals surface area contributed by atoms with Gasteiger partial charge in [0, 0.05) is 19.2 Å². The molecule has 106 valence electrons. The van der Waals surface area contributed by atoms with Gasteiger partial charge in [0.2, 0.25) is 11.8 Å². The molecule has 1 aromatic rings. The smallest absolute Gasteiger partial charge is 0.241 e. The summed E-state index contributed by atoms with van der Waals surface area (Å²) in [6, 6.07) is 0. The monoisotopic (exact) mass is 267 g/mol. The summed E-state index contributed by atoms with van der Waals surface area (Å²) in [7, 11) is 1.56. The number of anilines is 1. The van der Waals surface area contributed by atoms with Gasteiger partial charge in [-0.05, 0) is 19.4 Å². The summed E-state index contributed by atoms with van der Waals surface area (Å²) in [5, 5.41) is 9.27. The Balaban J connectivity index is 2.48. The highest BCUT2D eigenvalue weighted by atomic mass is 16.2. The third-order valence-corrected chi connectivity index (χ3v) is 2.77. The second-order valence-electron chi connectivity index (χ2n) is 4.42. The van der Waals surface area contributed by atoms with E-state index >= 15 is 0 Å². The van der Waals surface area contributed by atoms with Gasteiger partial charge >= 0.3 is 0 Å². The van der Waals surface area contributed by atoms with Gasteiger partial charge in [-0.1, -0.05) is 6.92 Å². The number of amides is 2. The molecule has 0 aliphatic carbocycles. The molecule has 7 heteroatoms. The maximum Gasteiger partial charge on any atom is 0.241 e. The predicted molar refractivity (Wildman–Crippen MR) is 72.4 cm³/mol. The number of likely N-dealkylation sites (N-methyl/N-ethyl adjacent to an activating group) is 1. The molecule has 0 fully saturated rings. The van der Waals surface area contributed by atoms with E-state index in [1.54, 1.807) is 13.2 Å². The van der Waals surface area contributed by atoms with E-state index in [1.165, 1.54) is 10.9 Å². The average Bonchev–Trinajstić information content (AvgIpc) is 2.82. The number of rotatable bonds is 7. The topological polar surface area (TPSA) is 102 Å². The molecule has 1 unspecified atom stereocenters. The number of hydrogen-bond acceptors (Lipinski definition) is 4. The number of carbonyl (C=O) groups is 2. The SMILES string of the molecule is CNC(=O)Cn1cc(NC(=O)C(C)CCCN)cn1. The molecule has 0 aliphatic heterocycles. The van der Waals surface area contributed by atoms with E-state index in [4.69, 9.17) is 5.73 Å². The molecule has 1 rings (SSSR count). The number of nitrogens with one attached hydrogen (secondary N) is 2. The van der Waals surface area contributed by atoms with Crippen LogP contribution in [0.15, 0.2) is 12.4 Å². The Bertz CT molecular complexity index is 430. The van der Waals surface area contributed by atoms with Crippen LogP contribution < -0.4 is 16.4 Å². The number of carbonyl (C=O) groups excluding carboxylic acids is 2. The van der Waals surface area contributed by atoms with Crippen molar-refractivity contribution in [2.45, 2.75) is 26.3 Å². The standard InChI is InChI=1S/C12H21N5O2/c1-9(4-3-5-13)12(19)16-10-6-15-17(7-10)8-11(18)14-2/h6-7,9H,3-5,8,13H2,1-2H3,(H,14,18)(H,16,19). The molecule has 19 heavy (non-hydrogen) atoms. The lowest BCUT2D eigenvalue weighted by Gasteiger charge is -2.09. The third-order valence-electron chi connectivity index (χ3n) is 2.77. The van der Waals surface area contributed by atoms with Crippen molar-refractivity contribution in [3.63, 3.8) is 0 Å². The molecular weight excluding hydrogens is 246 g/mol. The van der Waals surface area contributed by atoms with E-state index in [1.807, 2.05) is 6.92 Å². The Morgan fingerprint density at radius 2 is 2.26 bits per heavy atom. The summed E-state index contributed by atoms with van der Waals surface area (Å²) in [4.78, 5) is 23.0. The van der Waals surface area contributed by atoms with Crippen LogP contribution in [0.5, 0.6) is 0 Å². The molecule has 0 aliphatic rings. The van der Waals surface area contributed by atoms with Crippen molar-refractivity contribution >= 4 is 17.5 Å². The van der Waals surface area contributed by atoms with Gasteiger partial charge in [-0.2, -0.15) is 5.10 Å². The molecular formula is C12H21N5O2. The van der Waals surface area contributed by atoms with Gasteiger partial charge in [-0.25, -0.2) is 0 Å². The van der Waals surface area contributed by atoms with Crippen LogP contribution in [0, 0.1) is 5.92 Å². The highest BCUT2D eigenvalue weighted by molar-refractivity contribution is 5.92. The molecule has 1 heterocycles. The average molecular weight is 267 g/mol. The van der Waals surface area contributed by atoms with Gasteiger partial charge in [0.05, 0.1) is 11.9 Å². The zero-order valence-corrected chi connectivity index (χ0v) is 11.3. The molecule has 0 spiro atoms. The second kappa shape index (κ2) is 7.52. The summed E-state index contributed by atoms with van der Waals surface area (Å²) in [6.07, 6.45) is 4.73. The van der Waals surface area contributed by atoms with Crippen LogP contribution >= 0.6 is 0 Å². The van der Waals surface area contributed by atoms with Crippen LogP contribution in [-0.2, 0) is 16.1 Å². The lowest BCUT2D eigenvalue weighted by molar-refractivity contribution is -0.121. The van der Waals surface area contributed by atoms with Crippen molar-refractivity contribution in [3.05, 3.63) is 12.4 Å². The van der Waals surface area contributed by atoms with E-state index < -0.39 is 0 Å². The van der Waals surface area contributed by atoms with Gasteiger partial charge in [0.1, 0.15) is 6.54 Å². The minimum atomic E-state index is -0.141. The number of aromatic nitrogens is 2. The van der Waals surface area contributed by atoms with Crippen LogP contribution in [0.1, 0.15) is 19.8 Å². The van der Waals surface area contributed by atoms with Crippen molar-refractivity contribution in [1.82, 2.24) is 15.1 Å². The zero-order valence-electron chi connectivity index (χ0n) is 11.3. The lowest BCUT2D eigenvalue weighted by atomic mass is 10.1. The van der Waals surface area contributed by atoms with Crippen LogP contribution in [0.2, 0.25) is 0 Å². The fourth-order valence-electron chi connectivity index (χ4n) is 1.56. The minimum Gasteiger partial charge on any atom is -0.358 e. The number of nitrogens with zero attached hydrogens (tertiary/aromatic N) is 2. The molecule has 4 N–H and O–H groups in total. The quantitative estimate of drug-likeness (QED) is 0.644. The fourth-order valence-corrected chi connectivity index (χ4v) is 1.56. The summed E-state index contributed by atoms with van der Waals surface area (Å²) in [5.74, 6) is -0.295. The maximum absolute atomic E-state index is 11.8. The molecule has 0 aromatic carbocycles. The normalized spacial score (nSPS) is 11.9. The van der Waals surface area contributed by atoms with Crippen molar-refractivity contribution in [1.29, 1.82) is 0 Å². The van der Waals surface area contributed by atoms with Crippen molar-refractivity contribution in [2.75, 3.05) is 18.9 Å². The summed E-state index contributed by atoms with van der Waals surface area (Å²) in [6.45, 7) is 2.58. The highest BCUT2D eigenvalue weighted by Crippen LogP contribution is 2.10. The van der Waals surface area contributed by atoms with Crippen LogP contribution in [0.25, 0.3) is 0 Å². The summed E-state index contributed by atoms with van der Waals surface area (Å²) < 4.78 is 1.47. The first-order valence-electron chi connectivity index (χ1n) is 6.30. The van der Waals surface area contributed by atoms with E-state index in [9.17, 15) is 9.59 Å². The zero-order chi connectivity index (χ0) is 14.3. The molecule has 1 aromatic heterocycles. The van der Waals surface area contributed by atoms with Crippen LogP contribution in [0.3, 0.4) is 0 Å². The Hall–Kier alpha value is -1.89. The van der Waals surface area contributed by atoms with Gasteiger partial charge in [-0.15, -0.1) is 0 Å². The summed E-state index contributed by atoms with van der Waals surface area (Å²) >= 11 is 0. The van der Waals surface area contributed by atoms with Gasteiger partial charge in [0.15, 0.2) is 0 Å². The van der Waals surface area contributed by atoms with Crippen molar-refractivity contribution in [2.24, 2.45) is 11.7 Å². The largest absolute Gasteiger partial charge is 0.358 e. The lowest BCUT2D eigenvalue weighted by Crippen LogP contribution is -2.23.